The van der Waals surface area contributed by atoms with Gasteiger partial charge in [-0.2, -0.15) is 0 Å². The van der Waals surface area contributed by atoms with E-state index < -0.39 is 0 Å². The van der Waals surface area contributed by atoms with Crippen molar-refractivity contribution >= 4 is 47.8 Å². The molecule has 0 atom stereocenters. The Morgan fingerprint density at radius 1 is 0.571 bits per heavy atom. The molecule has 0 amide bonds. The first-order valence-electron chi connectivity index (χ1n) is 7.01. The highest BCUT2D eigenvalue weighted by molar-refractivity contribution is 9.09. The second kappa shape index (κ2) is 12.6. The molecular formula is C15H21Br3O3. The number of rotatable bonds is 12. The Morgan fingerprint density at radius 3 is 1.10 bits per heavy atom. The van der Waals surface area contributed by atoms with Crippen molar-refractivity contribution in [2.75, 3.05) is 35.8 Å². The first-order valence-corrected chi connectivity index (χ1v) is 10.4. The Balaban J connectivity index is 2.65. The summed E-state index contributed by atoms with van der Waals surface area (Å²) in [6.07, 6.45) is 2.90. The van der Waals surface area contributed by atoms with E-state index in [4.69, 9.17) is 14.2 Å². The van der Waals surface area contributed by atoms with E-state index in [1.54, 1.807) is 0 Å². The molecule has 0 N–H and O–H groups in total. The molecule has 0 fully saturated rings. The molecule has 6 heteroatoms. The van der Waals surface area contributed by atoms with Crippen LogP contribution in [-0.2, 0) is 0 Å². The van der Waals surface area contributed by atoms with Crippen molar-refractivity contribution in [3.63, 3.8) is 0 Å². The quantitative estimate of drug-likeness (QED) is 0.300. The third kappa shape index (κ3) is 8.94. The molecule has 120 valence electrons. The van der Waals surface area contributed by atoms with Crippen LogP contribution in [0.2, 0.25) is 0 Å². The van der Waals surface area contributed by atoms with Gasteiger partial charge in [0, 0.05) is 34.2 Å². The summed E-state index contributed by atoms with van der Waals surface area (Å²) in [6.45, 7) is 2.03. The van der Waals surface area contributed by atoms with Crippen molar-refractivity contribution < 1.29 is 14.2 Å². The number of halogens is 3. The van der Waals surface area contributed by atoms with Gasteiger partial charge >= 0.3 is 0 Å². The fourth-order valence-electron chi connectivity index (χ4n) is 1.53. The number of hydrogen-bond donors (Lipinski definition) is 0. The molecule has 0 saturated heterocycles. The van der Waals surface area contributed by atoms with Crippen molar-refractivity contribution in [2.45, 2.75) is 19.3 Å². The summed E-state index contributed by atoms with van der Waals surface area (Å²) in [5.74, 6) is 2.38. The number of hydrogen-bond acceptors (Lipinski definition) is 3. The van der Waals surface area contributed by atoms with Gasteiger partial charge in [0.1, 0.15) is 17.2 Å². The summed E-state index contributed by atoms with van der Waals surface area (Å²) in [5.41, 5.74) is 0. The SMILES string of the molecule is BrCCCOc1cc(OCCCBr)cc(OCCCBr)c1. The lowest BCUT2D eigenvalue weighted by molar-refractivity contribution is 0.288. The van der Waals surface area contributed by atoms with Crippen LogP contribution in [0.1, 0.15) is 19.3 Å². The predicted molar refractivity (Wildman–Crippen MR) is 98.2 cm³/mol. The van der Waals surface area contributed by atoms with Gasteiger partial charge < -0.3 is 14.2 Å². The largest absolute Gasteiger partial charge is 0.493 e. The van der Waals surface area contributed by atoms with E-state index in [-0.39, 0.29) is 0 Å². The van der Waals surface area contributed by atoms with E-state index in [0.29, 0.717) is 19.8 Å². The highest BCUT2D eigenvalue weighted by Crippen LogP contribution is 2.28. The Bertz CT molecular complexity index is 319. The second-order valence-electron chi connectivity index (χ2n) is 4.31. The molecule has 0 bridgehead atoms. The molecule has 1 aromatic carbocycles. The lowest BCUT2D eigenvalue weighted by atomic mass is 10.3. The molecule has 0 heterocycles. The van der Waals surface area contributed by atoms with Crippen molar-refractivity contribution in [2.24, 2.45) is 0 Å². The van der Waals surface area contributed by atoms with Gasteiger partial charge in [0.2, 0.25) is 0 Å². The van der Waals surface area contributed by atoms with Crippen LogP contribution in [0.3, 0.4) is 0 Å². The molecule has 21 heavy (non-hydrogen) atoms. The summed E-state index contributed by atoms with van der Waals surface area (Å²) in [6, 6.07) is 5.75. The third-order valence-corrected chi connectivity index (χ3v) is 4.18. The van der Waals surface area contributed by atoms with Crippen LogP contribution in [0.5, 0.6) is 17.2 Å². The minimum Gasteiger partial charge on any atom is -0.493 e. The summed E-state index contributed by atoms with van der Waals surface area (Å²) >= 11 is 10.2. The van der Waals surface area contributed by atoms with Gasteiger partial charge in [-0.15, -0.1) is 0 Å². The van der Waals surface area contributed by atoms with Crippen LogP contribution < -0.4 is 14.2 Å². The van der Waals surface area contributed by atoms with Crippen LogP contribution in [0.15, 0.2) is 18.2 Å². The maximum absolute atomic E-state index is 5.73. The molecule has 0 spiro atoms. The molecule has 0 saturated carbocycles. The standard InChI is InChI=1S/C15H21Br3O3/c16-4-1-7-19-13-10-14(20-8-2-5-17)12-15(11-13)21-9-3-6-18/h10-12H,1-9H2. The van der Waals surface area contributed by atoms with Gasteiger partial charge in [0.05, 0.1) is 19.8 Å². The molecule has 0 aliphatic heterocycles. The van der Waals surface area contributed by atoms with E-state index in [9.17, 15) is 0 Å². The van der Waals surface area contributed by atoms with Gasteiger partial charge in [-0.3, -0.25) is 0 Å². The Morgan fingerprint density at radius 2 is 0.857 bits per heavy atom. The van der Waals surface area contributed by atoms with Crippen LogP contribution in [-0.4, -0.2) is 35.8 Å². The lowest BCUT2D eigenvalue weighted by Crippen LogP contribution is -2.03. The number of alkyl halides is 3. The molecule has 1 aromatic rings. The summed E-state index contributed by atoms with van der Waals surface area (Å²) < 4.78 is 17.2. The minimum atomic E-state index is 0.678. The zero-order valence-electron chi connectivity index (χ0n) is 12.0. The van der Waals surface area contributed by atoms with E-state index in [1.165, 1.54) is 0 Å². The smallest absolute Gasteiger partial charge is 0.126 e. The topological polar surface area (TPSA) is 27.7 Å². The van der Waals surface area contributed by atoms with E-state index >= 15 is 0 Å². The highest BCUT2D eigenvalue weighted by atomic mass is 79.9. The van der Waals surface area contributed by atoms with Gasteiger partial charge in [0.15, 0.2) is 0 Å². The zero-order valence-corrected chi connectivity index (χ0v) is 16.7. The first-order chi connectivity index (χ1) is 10.3. The number of ether oxygens (including phenoxy) is 3. The molecular weight excluding hydrogens is 468 g/mol. The average molecular weight is 489 g/mol. The van der Waals surface area contributed by atoms with Gasteiger partial charge in [-0.05, 0) is 19.3 Å². The van der Waals surface area contributed by atoms with Gasteiger partial charge in [-0.25, -0.2) is 0 Å². The summed E-state index contributed by atoms with van der Waals surface area (Å²) in [4.78, 5) is 0. The highest BCUT2D eigenvalue weighted by Gasteiger charge is 2.05. The van der Waals surface area contributed by atoms with Crippen molar-refractivity contribution in [1.29, 1.82) is 0 Å². The van der Waals surface area contributed by atoms with Crippen molar-refractivity contribution in [3.8, 4) is 17.2 Å². The zero-order chi connectivity index (χ0) is 15.3. The van der Waals surface area contributed by atoms with Gasteiger partial charge in [-0.1, -0.05) is 47.8 Å². The molecule has 0 radical (unpaired) electrons. The molecule has 0 aromatic heterocycles. The van der Waals surface area contributed by atoms with E-state index in [2.05, 4.69) is 47.8 Å². The summed E-state index contributed by atoms with van der Waals surface area (Å²) in [7, 11) is 0. The molecule has 0 aliphatic carbocycles. The van der Waals surface area contributed by atoms with Gasteiger partial charge in [0.25, 0.3) is 0 Å². The monoisotopic (exact) mass is 486 g/mol. The van der Waals surface area contributed by atoms with E-state index in [1.807, 2.05) is 18.2 Å². The van der Waals surface area contributed by atoms with Crippen LogP contribution in [0.25, 0.3) is 0 Å². The molecule has 0 unspecified atom stereocenters. The second-order valence-corrected chi connectivity index (χ2v) is 6.69. The predicted octanol–water partition coefficient (Wildman–Crippen LogP) is 5.18. The average Bonchev–Trinajstić information content (AvgIpc) is 2.48. The maximum Gasteiger partial charge on any atom is 0.126 e. The normalized spacial score (nSPS) is 10.4. The third-order valence-electron chi connectivity index (χ3n) is 2.49. The fraction of sp³-hybridized carbons (Fsp3) is 0.600. The van der Waals surface area contributed by atoms with Crippen molar-refractivity contribution in [3.05, 3.63) is 18.2 Å². The Labute approximate surface area is 152 Å². The van der Waals surface area contributed by atoms with E-state index in [0.717, 1.165) is 52.5 Å². The first kappa shape index (κ1) is 19.1. The fourth-order valence-corrected chi connectivity index (χ4v) is 2.22. The van der Waals surface area contributed by atoms with Crippen LogP contribution in [0.4, 0.5) is 0 Å². The van der Waals surface area contributed by atoms with Crippen LogP contribution >= 0.6 is 47.8 Å². The molecule has 1 rings (SSSR count). The van der Waals surface area contributed by atoms with Crippen molar-refractivity contribution in [1.82, 2.24) is 0 Å². The Kier molecular flexibility index (Phi) is 11.5. The molecule has 0 aliphatic rings. The number of benzene rings is 1. The molecule has 3 nitrogen and oxygen atoms in total. The Hall–Kier alpha value is 0.0600. The minimum absolute atomic E-state index is 0.678. The summed E-state index contributed by atoms with van der Waals surface area (Å²) in [5, 5.41) is 2.80. The van der Waals surface area contributed by atoms with Crippen LogP contribution in [0, 0.1) is 0 Å². The maximum atomic E-state index is 5.73. The lowest BCUT2D eigenvalue weighted by Gasteiger charge is -2.12.